The van der Waals surface area contributed by atoms with Gasteiger partial charge in [-0.15, -0.1) is 0 Å². The van der Waals surface area contributed by atoms with E-state index < -0.39 is 0 Å². The molecule has 3 N–H and O–H groups in total. The molecular formula is C9H20N4. The lowest BCUT2D eigenvalue weighted by Crippen LogP contribution is -2.63. The molecule has 0 aromatic heterocycles. The van der Waals surface area contributed by atoms with Gasteiger partial charge in [-0.1, -0.05) is 0 Å². The van der Waals surface area contributed by atoms with Crippen LogP contribution in [0.3, 0.4) is 0 Å². The highest BCUT2D eigenvalue weighted by Gasteiger charge is 2.27. The minimum absolute atomic E-state index is 0.617. The van der Waals surface area contributed by atoms with Gasteiger partial charge in [0.05, 0.1) is 0 Å². The van der Waals surface area contributed by atoms with Gasteiger partial charge in [-0.2, -0.15) is 0 Å². The Bertz CT molecular complexity index is 156. The maximum Gasteiger partial charge on any atom is 0.0383 e. The first kappa shape index (κ1) is 9.40. The maximum atomic E-state index is 3.58. The molecule has 13 heavy (non-hydrogen) atoms. The summed E-state index contributed by atoms with van der Waals surface area (Å²) in [5, 5.41) is 10.5. The summed E-state index contributed by atoms with van der Waals surface area (Å²) < 4.78 is 0. The molecule has 0 radical (unpaired) electrons. The zero-order valence-electron chi connectivity index (χ0n) is 8.34. The van der Waals surface area contributed by atoms with Crippen LogP contribution in [-0.4, -0.2) is 63.3 Å². The quantitative estimate of drug-likeness (QED) is 0.461. The molecule has 2 heterocycles. The zero-order chi connectivity index (χ0) is 9.10. The second-order valence-corrected chi connectivity index (χ2v) is 4.02. The van der Waals surface area contributed by atoms with E-state index in [1.165, 1.54) is 6.54 Å². The molecule has 0 bridgehead atoms. The van der Waals surface area contributed by atoms with Gasteiger partial charge in [-0.3, -0.25) is 4.90 Å². The lowest BCUT2D eigenvalue weighted by Gasteiger charge is -2.40. The predicted molar refractivity (Wildman–Crippen MR) is 53.9 cm³/mol. The SMILES string of the molecule is CN1CCNCC1C1CNCCN1. The van der Waals surface area contributed by atoms with Crippen LogP contribution < -0.4 is 16.0 Å². The number of hydrogen-bond donors (Lipinski definition) is 3. The summed E-state index contributed by atoms with van der Waals surface area (Å²) in [6, 6.07) is 1.27. The minimum Gasteiger partial charge on any atom is -0.314 e. The van der Waals surface area contributed by atoms with Gasteiger partial charge in [0.25, 0.3) is 0 Å². The molecule has 2 rings (SSSR count). The van der Waals surface area contributed by atoms with Gasteiger partial charge in [-0.05, 0) is 7.05 Å². The summed E-state index contributed by atoms with van der Waals surface area (Å²) in [7, 11) is 2.22. The third-order valence-electron chi connectivity index (χ3n) is 3.10. The standard InChI is InChI=1S/C9H20N4/c1-13-5-4-11-7-9(13)8-6-10-2-3-12-8/h8-12H,2-7H2,1H3. The van der Waals surface area contributed by atoms with E-state index in [-0.39, 0.29) is 0 Å². The summed E-state index contributed by atoms with van der Waals surface area (Å²) in [6.45, 7) is 6.75. The highest BCUT2D eigenvalue weighted by Crippen LogP contribution is 2.05. The third kappa shape index (κ3) is 2.20. The third-order valence-corrected chi connectivity index (χ3v) is 3.10. The number of nitrogens with one attached hydrogen (secondary N) is 3. The van der Waals surface area contributed by atoms with Gasteiger partial charge >= 0.3 is 0 Å². The Hall–Kier alpha value is -0.160. The molecule has 2 saturated heterocycles. The highest BCUT2D eigenvalue weighted by molar-refractivity contribution is 4.91. The Kier molecular flexibility index (Phi) is 3.16. The topological polar surface area (TPSA) is 39.3 Å². The van der Waals surface area contributed by atoms with Crippen LogP contribution in [-0.2, 0) is 0 Å². The van der Waals surface area contributed by atoms with Crippen LogP contribution in [0.25, 0.3) is 0 Å². The normalized spacial score (nSPS) is 37.6. The van der Waals surface area contributed by atoms with Gasteiger partial charge in [0.15, 0.2) is 0 Å². The Balaban J connectivity index is 1.88. The van der Waals surface area contributed by atoms with Crippen LogP contribution in [0.1, 0.15) is 0 Å². The molecule has 4 nitrogen and oxygen atoms in total. The lowest BCUT2D eigenvalue weighted by molar-refractivity contribution is 0.149. The lowest BCUT2D eigenvalue weighted by atomic mass is 10.0. The van der Waals surface area contributed by atoms with Crippen molar-refractivity contribution in [2.75, 3.05) is 46.3 Å². The number of likely N-dealkylation sites (N-methyl/N-ethyl adjacent to an activating group) is 1. The molecule has 0 saturated carbocycles. The van der Waals surface area contributed by atoms with Crippen LogP contribution in [0, 0.1) is 0 Å². The molecular weight excluding hydrogens is 164 g/mol. The van der Waals surface area contributed by atoms with Gasteiger partial charge < -0.3 is 16.0 Å². The van der Waals surface area contributed by atoms with E-state index in [0.29, 0.717) is 12.1 Å². The van der Waals surface area contributed by atoms with Crippen LogP contribution in [0.4, 0.5) is 0 Å². The Morgan fingerprint density at radius 3 is 2.62 bits per heavy atom. The van der Waals surface area contributed by atoms with Gasteiger partial charge in [0.2, 0.25) is 0 Å². The van der Waals surface area contributed by atoms with Crippen LogP contribution >= 0.6 is 0 Å². The minimum atomic E-state index is 0.617. The van der Waals surface area contributed by atoms with Crippen molar-refractivity contribution in [1.29, 1.82) is 0 Å². The van der Waals surface area contributed by atoms with Gasteiger partial charge in [-0.25, -0.2) is 0 Å². The van der Waals surface area contributed by atoms with Crippen molar-refractivity contribution < 1.29 is 0 Å². The largest absolute Gasteiger partial charge is 0.314 e. The van der Waals surface area contributed by atoms with Gasteiger partial charge in [0.1, 0.15) is 0 Å². The summed E-state index contributed by atoms with van der Waals surface area (Å²) in [5.74, 6) is 0. The number of piperazine rings is 2. The number of hydrogen-bond acceptors (Lipinski definition) is 4. The molecule has 4 heteroatoms. The first-order valence-electron chi connectivity index (χ1n) is 5.23. The molecule has 0 aliphatic carbocycles. The van der Waals surface area contributed by atoms with Crippen molar-refractivity contribution in [3.8, 4) is 0 Å². The van der Waals surface area contributed by atoms with E-state index in [1.807, 2.05) is 0 Å². The van der Waals surface area contributed by atoms with E-state index in [2.05, 4.69) is 27.9 Å². The van der Waals surface area contributed by atoms with Crippen molar-refractivity contribution in [2.45, 2.75) is 12.1 Å². The van der Waals surface area contributed by atoms with Crippen LogP contribution in [0.15, 0.2) is 0 Å². The average molecular weight is 184 g/mol. The second kappa shape index (κ2) is 4.37. The molecule has 0 aromatic carbocycles. The smallest absolute Gasteiger partial charge is 0.0383 e. The predicted octanol–water partition coefficient (Wildman–Crippen LogP) is -1.55. The number of nitrogens with zero attached hydrogens (tertiary/aromatic N) is 1. The number of rotatable bonds is 1. The molecule has 0 spiro atoms. The summed E-state index contributed by atoms with van der Waals surface area (Å²) in [4.78, 5) is 2.46. The van der Waals surface area contributed by atoms with E-state index in [9.17, 15) is 0 Å². The van der Waals surface area contributed by atoms with Crippen molar-refractivity contribution in [3.63, 3.8) is 0 Å². The van der Waals surface area contributed by atoms with E-state index in [0.717, 1.165) is 32.7 Å². The second-order valence-electron chi connectivity index (χ2n) is 4.02. The van der Waals surface area contributed by atoms with E-state index in [4.69, 9.17) is 0 Å². The monoisotopic (exact) mass is 184 g/mol. The van der Waals surface area contributed by atoms with Gasteiger partial charge in [0, 0.05) is 51.4 Å². The average Bonchev–Trinajstić information content (AvgIpc) is 2.20. The fourth-order valence-corrected chi connectivity index (χ4v) is 2.22. The summed E-state index contributed by atoms with van der Waals surface area (Å²) in [5.41, 5.74) is 0. The molecule has 0 amide bonds. The summed E-state index contributed by atoms with van der Waals surface area (Å²) in [6.07, 6.45) is 0. The fourth-order valence-electron chi connectivity index (χ4n) is 2.22. The first-order chi connectivity index (χ1) is 6.38. The van der Waals surface area contributed by atoms with Crippen LogP contribution in [0.5, 0.6) is 0 Å². The van der Waals surface area contributed by atoms with Crippen molar-refractivity contribution in [1.82, 2.24) is 20.9 Å². The molecule has 2 atom stereocenters. The molecule has 2 unspecified atom stereocenters. The zero-order valence-corrected chi connectivity index (χ0v) is 8.34. The fraction of sp³-hybridized carbons (Fsp3) is 1.00. The maximum absolute atomic E-state index is 3.58. The summed E-state index contributed by atoms with van der Waals surface area (Å²) >= 11 is 0. The molecule has 76 valence electrons. The van der Waals surface area contributed by atoms with E-state index >= 15 is 0 Å². The van der Waals surface area contributed by atoms with Crippen molar-refractivity contribution >= 4 is 0 Å². The first-order valence-corrected chi connectivity index (χ1v) is 5.23. The Morgan fingerprint density at radius 1 is 1.08 bits per heavy atom. The molecule has 0 aromatic rings. The van der Waals surface area contributed by atoms with E-state index in [1.54, 1.807) is 0 Å². The van der Waals surface area contributed by atoms with Crippen molar-refractivity contribution in [3.05, 3.63) is 0 Å². The molecule has 2 aliphatic heterocycles. The van der Waals surface area contributed by atoms with Crippen LogP contribution in [0.2, 0.25) is 0 Å². The highest BCUT2D eigenvalue weighted by atomic mass is 15.2. The molecule has 2 aliphatic rings. The Morgan fingerprint density at radius 2 is 1.92 bits per heavy atom. The molecule has 2 fully saturated rings. The van der Waals surface area contributed by atoms with Crippen molar-refractivity contribution in [2.24, 2.45) is 0 Å². The Labute approximate surface area is 80.1 Å².